The van der Waals surface area contributed by atoms with Gasteiger partial charge in [0.15, 0.2) is 5.96 Å². The first-order valence-corrected chi connectivity index (χ1v) is 12.8. The predicted molar refractivity (Wildman–Crippen MR) is 143 cm³/mol. The van der Waals surface area contributed by atoms with E-state index in [2.05, 4.69) is 31.2 Å². The summed E-state index contributed by atoms with van der Waals surface area (Å²) < 4.78 is 0. The topological polar surface area (TPSA) is 237 Å². The molecule has 39 heavy (non-hydrogen) atoms. The number of carbonyl (C=O) groups excluding carboxylic acids is 3. The third-order valence-electron chi connectivity index (χ3n) is 6.48. The van der Waals surface area contributed by atoms with Crippen molar-refractivity contribution in [2.24, 2.45) is 16.5 Å². The number of H-pyrrole nitrogens is 1. The smallest absolute Gasteiger partial charge is 0.326 e. The highest BCUT2D eigenvalue weighted by atomic mass is 16.4. The minimum absolute atomic E-state index is 0.00344. The molecular weight excluding hydrogens is 508 g/mol. The Morgan fingerprint density at radius 1 is 1.05 bits per heavy atom. The summed E-state index contributed by atoms with van der Waals surface area (Å²) >= 11 is 0. The number of benzene rings is 1. The summed E-state index contributed by atoms with van der Waals surface area (Å²) in [7, 11) is 0. The molecule has 0 aliphatic carbocycles. The molecule has 11 N–H and O–H groups in total. The van der Waals surface area contributed by atoms with Gasteiger partial charge in [-0.25, -0.2) is 4.79 Å². The van der Waals surface area contributed by atoms with E-state index < -0.39 is 54.5 Å². The van der Waals surface area contributed by atoms with Gasteiger partial charge in [-0.05, 0) is 43.9 Å². The summed E-state index contributed by atoms with van der Waals surface area (Å²) in [6.07, 6.45) is 3.48. The minimum Gasteiger partial charge on any atom is -0.480 e. The first kappa shape index (κ1) is 29.4. The SMILES string of the molecule is NC(N)=NCCCC(NC(=O)C(CO)NC(=O)C1CCCN1)C(=O)NC(Cc1c[nH]c2ccccc12)C(=O)O. The van der Waals surface area contributed by atoms with Crippen molar-refractivity contribution in [3.8, 4) is 0 Å². The lowest BCUT2D eigenvalue weighted by Crippen LogP contribution is -2.58. The van der Waals surface area contributed by atoms with Crippen LogP contribution in [0.5, 0.6) is 0 Å². The number of fused-ring (bicyclic) bond motifs is 1. The average molecular weight is 545 g/mol. The highest BCUT2D eigenvalue weighted by Crippen LogP contribution is 2.19. The van der Waals surface area contributed by atoms with Crippen LogP contribution in [0.2, 0.25) is 0 Å². The molecule has 4 unspecified atom stereocenters. The molecule has 3 rings (SSSR count). The fourth-order valence-electron chi connectivity index (χ4n) is 4.41. The zero-order valence-electron chi connectivity index (χ0n) is 21.5. The largest absolute Gasteiger partial charge is 0.480 e. The van der Waals surface area contributed by atoms with Gasteiger partial charge in [0.25, 0.3) is 0 Å². The summed E-state index contributed by atoms with van der Waals surface area (Å²) in [5.41, 5.74) is 12.2. The van der Waals surface area contributed by atoms with Crippen molar-refractivity contribution >= 4 is 40.6 Å². The van der Waals surface area contributed by atoms with E-state index in [1.54, 1.807) is 6.20 Å². The zero-order valence-corrected chi connectivity index (χ0v) is 21.5. The Balaban J connectivity index is 1.70. The van der Waals surface area contributed by atoms with Crippen molar-refractivity contribution in [3.63, 3.8) is 0 Å². The van der Waals surface area contributed by atoms with Crippen molar-refractivity contribution in [3.05, 3.63) is 36.0 Å². The zero-order chi connectivity index (χ0) is 28.4. The number of hydrogen-bond donors (Lipinski definition) is 9. The number of rotatable bonds is 14. The van der Waals surface area contributed by atoms with Crippen LogP contribution >= 0.6 is 0 Å². The van der Waals surface area contributed by atoms with Crippen LogP contribution < -0.4 is 32.7 Å². The lowest BCUT2D eigenvalue weighted by molar-refractivity contribution is -0.142. The fraction of sp³-hybridized carbons (Fsp3) is 0.480. The van der Waals surface area contributed by atoms with E-state index in [1.807, 2.05) is 24.3 Å². The number of aliphatic hydroxyl groups excluding tert-OH is 1. The maximum Gasteiger partial charge on any atom is 0.326 e. The Bertz CT molecular complexity index is 1190. The Labute approximate surface area is 225 Å². The minimum atomic E-state index is -1.30. The first-order valence-electron chi connectivity index (χ1n) is 12.8. The Morgan fingerprint density at radius 3 is 2.44 bits per heavy atom. The number of aromatic amines is 1. The van der Waals surface area contributed by atoms with E-state index in [1.165, 1.54) is 0 Å². The van der Waals surface area contributed by atoms with Gasteiger partial charge in [0.05, 0.1) is 12.6 Å². The lowest BCUT2D eigenvalue weighted by atomic mass is 10.0. The summed E-state index contributed by atoms with van der Waals surface area (Å²) in [5, 5.41) is 30.9. The third-order valence-corrected chi connectivity index (χ3v) is 6.48. The number of aromatic nitrogens is 1. The highest BCUT2D eigenvalue weighted by molar-refractivity contribution is 5.94. The number of carboxylic acid groups (broad SMARTS) is 1. The number of amides is 3. The van der Waals surface area contributed by atoms with Crippen LogP contribution in [-0.2, 0) is 25.6 Å². The van der Waals surface area contributed by atoms with Gasteiger partial charge in [-0.1, -0.05) is 18.2 Å². The molecule has 1 aromatic carbocycles. The molecule has 1 fully saturated rings. The van der Waals surface area contributed by atoms with Crippen LogP contribution in [0.3, 0.4) is 0 Å². The number of aliphatic carboxylic acids is 1. The summed E-state index contributed by atoms with van der Waals surface area (Å²) in [6.45, 7) is 0.160. The van der Waals surface area contributed by atoms with Gasteiger partial charge < -0.3 is 47.9 Å². The maximum absolute atomic E-state index is 13.2. The molecule has 0 saturated carbocycles. The molecule has 14 nitrogen and oxygen atoms in total. The van der Waals surface area contributed by atoms with E-state index in [9.17, 15) is 29.4 Å². The molecule has 0 bridgehead atoms. The van der Waals surface area contributed by atoms with Crippen molar-refractivity contribution < 1.29 is 29.4 Å². The Morgan fingerprint density at radius 2 is 1.77 bits per heavy atom. The molecule has 0 spiro atoms. The predicted octanol–water partition coefficient (Wildman–Crippen LogP) is -1.95. The van der Waals surface area contributed by atoms with Crippen molar-refractivity contribution in [1.82, 2.24) is 26.3 Å². The molecule has 1 aliphatic heterocycles. The number of hydrogen-bond acceptors (Lipinski definition) is 7. The number of guanidine groups is 1. The maximum atomic E-state index is 13.2. The number of nitrogens with one attached hydrogen (secondary N) is 5. The van der Waals surface area contributed by atoms with Crippen molar-refractivity contribution in [2.45, 2.75) is 56.3 Å². The number of nitrogens with two attached hydrogens (primary N) is 2. The number of para-hydroxylation sites is 1. The van der Waals surface area contributed by atoms with Crippen LogP contribution in [0.1, 0.15) is 31.2 Å². The molecule has 3 amide bonds. The van der Waals surface area contributed by atoms with Crippen LogP contribution in [0, 0.1) is 0 Å². The molecule has 2 aromatic rings. The van der Waals surface area contributed by atoms with Gasteiger partial charge in [-0.2, -0.15) is 0 Å². The van der Waals surface area contributed by atoms with Gasteiger partial charge in [0.2, 0.25) is 17.7 Å². The quantitative estimate of drug-likeness (QED) is 0.0728. The monoisotopic (exact) mass is 544 g/mol. The van der Waals surface area contributed by atoms with Gasteiger partial charge >= 0.3 is 5.97 Å². The number of aliphatic hydroxyl groups is 1. The Hall–Kier alpha value is -4.17. The molecular formula is C25H36N8O6. The van der Waals surface area contributed by atoms with Gasteiger partial charge in [0, 0.05) is 30.1 Å². The summed E-state index contributed by atoms with van der Waals surface area (Å²) in [5.74, 6) is -3.33. The van der Waals surface area contributed by atoms with Crippen LogP contribution in [0.25, 0.3) is 10.9 Å². The summed E-state index contributed by atoms with van der Waals surface area (Å²) in [4.78, 5) is 57.5. The van der Waals surface area contributed by atoms with E-state index in [0.29, 0.717) is 24.9 Å². The molecule has 0 radical (unpaired) electrons. The van der Waals surface area contributed by atoms with Gasteiger partial charge in [0.1, 0.15) is 18.1 Å². The van der Waals surface area contributed by atoms with E-state index in [4.69, 9.17) is 11.5 Å². The third kappa shape index (κ3) is 8.41. The first-order chi connectivity index (χ1) is 18.7. The summed E-state index contributed by atoms with van der Waals surface area (Å²) in [6, 6.07) is 3.16. The molecule has 1 saturated heterocycles. The number of carbonyl (C=O) groups is 4. The number of nitrogens with zero attached hydrogens (tertiary/aromatic N) is 1. The highest BCUT2D eigenvalue weighted by Gasteiger charge is 2.31. The molecule has 2 heterocycles. The van der Waals surface area contributed by atoms with E-state index >= 15 is 0 Å². The molecule has 1 aromatic heterocycles. The number of carboxylic acids is 1. The average Bonchev–Trinajstić information content (AvgIpc) is 3.59. The molecule has 212 valence electrons. The van der Waals surface area contributed by atoms with E-state index in [-0.39, 0.29) is 25.3 Å². The van der Waals surface area contributed by atoms with Gasteiger partial charge in [-0.3, -0.25) is 19.4 Å². The second-order valence-corrected chi connectivity index (χ2v) is 9.37. The molecule has 4 atom stereocenters. The second kappa shape index (κ2) is 14.1. The lowest BCUT2D eigenvalue weighted by Gasteiger charge is -2.24. The van der Waals surface area contributed by atoms with E-state index in [0.717, 1.165) is 17.3 Å². The van der Waals surface area contributed by atoms with Crippen molar-refractivity contribution in [1.29, 1.82) is 0 Å². The second-order valence-electron chi connectivity index (χ2n) is 9.37. The number of aliphatic imine (C=N–C) groups is 1. The molecule has 1 aliphatic rings. The van der Waals surface area contributed by atoms with Gasteiger partial charge in [-0.15, -0.1) is 0 Å². The fourth-order valence-corrected chi connectivity index (χ4v) is 4.41. The normalized spacial score (nSPS) is 17.1. The standard InChI is InChI=1S/C25H36N8O6/c26-25(27)29-10-4-8-18(31-23(37)20(13-34)33-21(35)17-7-3-9-28-17)22(36)32-19(24(38)39)11-14-12-30-16-6-2-1-5-15(14)16/h1-2,5-6,12,17-20,28,30,34H,3-4,7-11,13H2,(H,31,37)(H,32,36)(H,33,35)(H,38,39)(H4,26,27,29). The van der Waals surface area contributed by atoms with Crippen molar-refractivity contribution in [2.75, 3.05) is 19.7 Å². The van der Waals surface area contributed by atoms with Crippen LogP contribution in [-0.4, -0.2) is 88.7 Å². The van der Waals surface area contributed by atoms with Crippen LogP contribution in [0.4, 0.5) is 0 Å². The Kier molecular flexibility index (Phi) is 10.6. The van der Waals surface area contributed by atoms with Crippen LogP contribution in [0.15, 0.2) is 35.5 Å². The molecule has 14 heteroatoms.